The number of ether oxygens (including phenoxy) is 4. The fraction of sp³-hybridized carbons (Fsp3) is 0.478. The monoisotopic (exact) mass is 449 g/mol. The quantitative estimate of drug-likeness (QED) is 0.665. The lowest BCUT2D eigenvalue weighted by Gasteiger charge is -2.44. The fourth-order valence-corrected chi connectivity index (χ4v) is 5.15. The molecule has 1 fully saturated rings. The van der Waals surface area contributed by atoms with E-state index >= 15 is 0 Å². The van der Waals surface area contributed by atoms with Crippen molar-refractivity contribution >= 4 is 15.7 Å². The molecule has 2 aromatic carbocycles. The van der Waals surface area contributed by atoms with Crippen LogP contribution in [0.15, 0.2) is 47.4 Å². The van der Waals surface area contributed by atoms with Crippen molar-refractivity contribution in [3.63, 3.8) is 0 Å². The third-order valence-corrected chi connectivity index (χ3v) is 6.73. The lowest BCUT2D eigenvalue weighted by Crippen LogP contribution is -2.45. The average Bonchev–Trinajstić information content (AvgIpc) is 2.72. The lowest BCUT2D eigenvalue weighted by molar-refractivity contribution is -0.274. The van der Waals surface area contributed by atoms with Crippen LogP contribution in [0.3, 0.4) is 0 Å². The molecule has 170 valence electrons. The van der Waals surface area contributed by atoms with Crippen molar-refractivity contribution in [2.75, 3.05) is 25.5 Å². The minimum atomic E-state index is -3.92. The molecule has 2 aromatic rings. The van der Waals surface area contributed by atoms with Crippen molar-refractivity contribution in [3.8, 4) is 11.5 Å². The minimum absolute atomic E-state index is 0.00783. The molecule has 1 aliphatic heterocycles. The molecule has 0 aliphatic carbocycles. The summed E-state index contributed by atoms with van der Waals surface area (Å²) in [5.74, 6) is 0.968. The Labute approximate surface area is 184 Å². The molecule has 3 rings (SSSR count). The molecule has 7 nitrogen and oxygen atoms in total. The van der Waals surface area contributed by atoms with E-state index in [4.69, 9.17) is 18.9 Å². The second kappa shape index (κ2) is 9.06. The van der Waals surface area contributed by atoms with Crippen LogP contribution in [-0.2, 0) is 19.5 Å². The van der Waals surface area contributed by atoms with Gasteiger partial charge in [-0.3, -0.25) is 4.72 Å². The van der Waals surface area contributed by atoms with Crippen LogP contribution < -0.4 is 14.2 Å². The second-order valence-electron chi connectivity index (χ2n) is 8.68. The summed E-state index contributed by atoms with van der Waals surface area (Å²) in [5, 5.41) is 0. The molecule has 0 radical (unpaired) electrons. The van der Waals surface area contributed by atoms with Crippen LogP contribution in [-0.4, -0.2) is 35.3 Å². The molecular formula is C23H31NO6S. The fourth-order valence-electron chi connectivity index (χ4n) is 3.92. The number of anilines is 1. The molecule has 1 N–H and O–H groups in total. The zero-order valence-electron chi connectivity index (χ0n) is 18.8. The number of hydrogen-bond acceptors (Lipinski definition) is 6. The van der Waals surface area contributed by atoms with Gasteiger partial charge in [0.05, 0.1) is 26.9 Å². The smallest absolute Gasteiger partial charge is 0.265 e. The van der Waals surface area contributed by atoms with Crippen LogP contribution in [0, 0.1) is 11.3 Å². The number of methoxy groups -OCH3 is 2. The van der Waals surface area contributed by atoms with E-state index in [-0.39, 0.29) is 22.2 Å². The first-order valence-corrected chi connectivity index (χ1v) is 11.7. The van der Waals surface area contributed by atoms with Crippen molar-refractivity contribution < 1.29 is 27.4 Å². The summed E-state index contributed by atoms with van der Waals surface area (Å²) >= 11 is 0. The maximum atomic E-state index is 13.1. The van der Waals surface area contributed by atoms with E-state index in [0.29, 0.717) is 24.0 Å². The molecule has 0 bridgehead atoms. The average molecular weight is 450 g/mol. The summed E-state index contributed by atoms with van der Waals surface area (Å²) < 4.78 is 51.3. The van der Waals surface area contributed by atoms with Gasteiger partial charge in [-0.15, -0.1) is 0 Å². The Kier molecular flexibility index (Phi) is 6.83. The molecule has 1 aliphatic rings. The Bertz CT molecular complexity index is 1020. The summed E-state index contributed by atoms with van der Waals surface area (Å²) in [6.07, 6.45) is -0.538. The standard InChI is InChI=1S/C23H31NO6S/c1-15(2)21-23(3,4)14-29-22(30-21)16-8-7-9-17(12-16)24-31(25,26)20-13-18(27-5)10-11-19(20)28-6/h7-13,15,21-22,24H,14H2,1-6H3/t21-,22+/m1/s1. The lowest BCUT2D eigenvalue weighted by atomic mass is 9.80. The molecule has 0 unspecified atom stereocenters. The van der Waals surface area contributed by atoms with Gasteiger partial charge in [0.25, 0.3) is 10.0 Å². The predicted molar refractivity (Wildman–Crippen MR) is 119 cm³/mol. The molecule has 0 amide bonds. The molecule has 2 atom stereocenters. The highest BCUT2D eigenvalue weighted by molar-refractivity contribution is 7.92. The molecule has 8 heteroatoms. The van der Waals surface area contributed by atoms with Crippen molar-refractivity contribution in [2.24, 2.45) is 11.3 Å². The van der Waals surface area contributed by atoms with Gasteiger partial charge in [0.15, 0.2) is 6.29 Å². The molecule has 1 heterocycles. The highest BCUT2D eigenvalue weighted by atomic mass is 32.2. The Hall–Kier alpha value is -2.29. The summed E-state index contributed by atoms with van der Waals surface area (Å²) in [6.45, 7) is 9.05. The minimum Gasteiger partial charge on any atom is -0.497 e. The Morgan fingerprint density at radius 1 is 1.10 bits per heavy atom. The molecule has 1 saturated heterocycles. The first-order chi connectivity index (χ1) is 14.6. The van der Waals surface area contributed by atoms with Gasteiger partial charge in [-0.2, -0.15) is 0 Å². The van der Waals surface area contributed by atoms with Crippen molar-refractivity contribution in [1.29, 1.82) is 0 Å². The Morgan fingerprint density at radius 3 is 2.48 bits per heavy atom. The highest BCUT2D eigenvalue weighted by Crippen LogP contribution is 2.40. The number of nitrogens with one attached hydrogen (secondary N) is 1. The van der Waals surface area contributed by atoms with Crippen LogP contribution >= 0.6 is 0 Å². The first kappa shape index (κ1) is 23.4. The number of sulfonamides is 1. The molecule has 0 spiro atoms. The van der Waals surface area contributed by atoms with E-state index in [0.717, 1.165) is 5.56 Å². The van der Waals surface area contributed by atoms with Gasteiger partial charge in [0.2, 0.25) is 0 Å². The van der Waals surface area contributed by atoms with E-state index in [2.05, 4.69) is 32.4 Å². The topological polar surface area (TPSA) is 83.1 Å². The predicted octanol–water partition coefficient (Wildman–Crippen LogP) is 4.60. The van der Waals surface area contributed by atoms with Crippen molar-refractivity contribution in [3.05, 3.63) is 48.0 Å². The van der Waals surface area contributed by atoms with Crippen LogP contribution in [0.4, 0.5) is 5.69 Å². The van der Waals surface area contributed by atoms with E-state index in [1.54, 1.807) is 30.3 Å². The van der Waals surface area contributed by atoms with E-state index < -0.39 is 16.3 Å². The van der Waals surface area contributed by atoms with Crippen LogP contribution in [0.1, 0.15) is 39.5 Å². The van der Waals surface area contributed by atoms with Crippen molar-refractivity contribution in [2.45, 2.75) is 45.0 Å². The largest absolute Gasteiger partial charge is 0.497 e. The van der Waals surface area contributed by atoms with Crippen LogP contribution in [0.2, 0.25) is 0 Å². The molecular weight excluding hydrogens is 418 g/mol. The third-order valence-electron chi connectivity index (χ3n) is 5.32. The summed E-state index contributed by atoms with van der Waals surface area (Å²) in [5.41, 5.74) is 1.05. The second-order valence-corrected chi connectivity index (χ2v) is 10.3. The Morgan fingerprint density at radius 2 is 1.84 bits per heavy atom. The number of hydrogen-bond donors (Lipinski definition) is 1. The van der Waals surface area contributed by atoms with Gasteiger partial charge in [0, 0.05) is 22.7 Å². The van der Waals surface area contributed by atoms with Gasteiger partial charge in [-0.05, 0) is 30.2 Å². The normalized spacial score (nSPS) is 21.0. The van der Waals surface area contributed by atoms with Crippen LogP contribution in [0.5, 0.6) is 11.5 Å². The van der Waals surface area contributed by atoms with Gasteiger partial charge in [-0.25, -0.2) is 8.42 Å². The van der Waals surface area contributed by atoms with Gasteiger partial charge >= 0.3 is 0 Å². The number of rotatable bonds is 7. The molecule has 0 saturated carbocycles. The zero-order valence-corrected chi connectivity index (χ0v) is 19.7. The highest BCUT2D eigenvalue weighted by Gasteiger charge is 2.40. The third kappa shape index (κ3) is 5.14. The van der Waals surface area contributed by atoms with Gasteiger partial charge < -0.3 is 18.9 Å². The summed E-state index contributed by atoms with van der Waals surface area (Å²) in [7, 11) is -1.02. The van der Waals surface area contributed by atoms with E-state index in [1.165, 1.54) is 20.3 Å². The summed E-state index contributed by atoms with van der Waals surface area (Å²) in [6, 6.07) is 11.7. The van der Waals surface area contributed by atoms with E-state index in [1.807, 2.05) is 6.07 Å². The maximum Gasteiger partial charge on any atom is 0.265 e. The number of benzene rings is 2. The maximum absolute atomic E-state index is 13.1. The van der Waals surface area contributed by atoms with Crippen LogP contribution in [0.25, 0.3) is 0 Å². The summed E-state index contributed by atoms with van der Waals surface area (Å²) in [4.78, 5) is -0.00783. The Balaban J connectivity index is 1.86. The van der Waals surface area contributed by atoms with Crippen molar-refractivity contribution in [1.82, 2.24) is 0 Å². The molecule has 31 heavy (non-hydrogen) atoms. The van der Waals surface area contributed by atoms with Gasteiger partial charge in [-0.1, -0.05) is 39.8 Å². The SMILES string of the molecule is COc1ccc(OC)c(S(=O)(=O)Nc2cccc([C@H]3OCC(C)(C)[C@@H](C(C)C)O3)c2)c1. The zero-order chi connectivity index (χ0) is 22.8. The molecule has 0 aromatic heterocycles. The first-order valence-electron chi connectivity index (χ1n) is 10.2. The van der Waals surface area contributed by atoms with Gasteiger partial charge in [0.1, 0.15) is 16.4 Å². The van der Waals surface area contributed by atoms with E-state index in [9.17, 15) is 8.42 Å².